The third-order valence-corrected chi connectivity index (χ3v) is 7.92. The Morgan fingerprint density at radius 1 is 1.03 bits per heavy atom. The first-order chi connectivity index (χ1) is 16.9. The lowest BCUT2D eigenvalue weighted by Gasteiger charge is -2.56. The summed E-state index contributed by atoms with van der Waals surface area (Å²) in [4.78, 5) is 0. The van der Waals surface area contributed by atoms with Crippen molar-refractivity contribution in [3.8, 4) is 23.0 Å². The fraction of sp³-hybridized carbons (Fsp3) is 0.467. The average molecular weight is 495 g/mol. The monoisotopic (exact) mass is 494 g/mol. The van der Waals surface area contributed by atoms with Crippen molar-refractivity contribution >= 4 is 12.2 Å². The molecule has 0 amide bonds. The number of phenols is 2. The second-order valence-corrected chi connectivity index (χ2v) is 11.3. The van der Waals surface area contributed by atoms with Gasteiger partial charge in [0.15, 0.2) is 11.5 Å². The highest BCUT2D eigenvalue weighted by molar-refractivity contribution is 5.73. The van der Waals surface area contributed by atoms with Gasteiger partial charge in [-0.05, 0) is 74.6 Å². The number of aliphatic hydroxyl groups excluding tert-OH is 2. The molecule has 6 nitrogen and oxygen atoms in total. The van der Waals surface area contributed by atoms with Gasteiger partial charge in [-0.25, -0.2) is 0 Å². The number of methoxy groups -OCH3 is 1. The zero-order valence-corrected chi connectivity index (χ0v) is 22.0. The van der Waals surface area contributed by atoms with Crippen molar-refractivity contribution in [1.29, 1.82) is 0 Å². The lowest BCUT2D eigenvalue weighted by molar-refractivity contribution is -0.187. The first kappa shape index (κ1) is 26.1. The van der Waals surface area contributed by atoms with Gasteiger partial charge in [-0.3, -0.25) is 0 Å². The summed E-state index contributed by atoms with van der Waals surface area (Å²) in [5.74, 6) is 1.40. The Balaban J connectivity index is 1.66. The van der Waals surface area contributed by atoms with E-state index in [2.05, 4.69) is 0 Å². The first-order valence-corrected chi connectivity index (χ1v) is 12.5. The third kappa shape index (κ3) is 4.72. The predicted octanol–water partition coefficient (Wildman–Crippen LogP) is 5.25. The van der Waals surface area contributed by atoms with Gasteiger partial charge in [0.25, 0.3) is 0 Å². The van der Waals surface area contributed by atoms with Crippen molar-refractivity contribution in [2.75, 3.05) is 7.11 Å². The Bertz CT molecular complexity index is 1180. The second kappa shape index (κ2) is 9.49. The van der Waals surface area contributed by atoms with Gasteiger partial charge in [0.1, 0.15) is 17.1 Å². The Morgan fingerprint density at radius 3 is 2.22 bits per heavy atom. The Kier molecular flexibility index (Phi) is 6.88. The van der Waals surface area contributed by atoms with Crippen LogP contribution in [0.4, 0.5) is 0 Å². The number of fused-ring (bicyclic) bond motifs is 2. The van der Waals surface area contributed by atoms with Crippen LogP contribution in [0.1, 0.15) is 63.3 Å². The molecule has 1 aliphatic heterocycles. The summed E-state index contributed by atoms with van der Waals surface area (Å²) < 4.78 is 12.2. The van der Waals surface area contributed by atoms with E-state index < -0.39 is 23.2 Å². The topological polar surface area (TPSA) is 99.4 Å². The van der Waals surface area contributed by atoms with E-state index in [0.29, 0.717) is 41.9 Å². The molecule has 2 aromatic carbocycles. The van der Waals surface area contributed by atoms with Crippen molar-refractivity contribution in [3.63, 3.8) is 0 Å². The maximum Gasteiger partial charge on any atom is 0.165 e. The molecule has 0 aromatic heterocycles. The summed E-state index contributed by atoms with van der Waals surface area (Å²) in [6, 6.07) is 7.23. The molecule has 4 atom stereocenters. The van der Waals surface area contributed by atoms with E-state index in [1.54, 1.807) is 19.2 Å². The molecule has 194 valence electrons. The highest BCUT2D eigenvalue weighted by Gasteiger charge is 2.58. The van der Waals surface area contributed by atoms with Crippen LogP contribution in [0.15, 0.2) is 35.9 Å². The summed E-state index contributed by atoms with van der Waals surface area (Å²) in [6.07, 6.45) is 5.53. The summed E-state index contributed by atoms with van der Waals surface area (Å²) in [6.45, 7) is 9.93. The number of hydrogen-bond acceptors (Lipinski definition) is 6. The number of hydrogen-bond donors (Lipinski definition) is 4. The molecule has 1 saturated carbocycles. The van der Waals surface area contributed by atoms with Crippen LogP contribution in [0.2, 0.25) is 0 Å². The quantitative estimate of drug-likeness (QED) is 0.335. The van der Waals surface area contributed by atoms with E-state index in [4.69, 9.17) is 9.47 Å². The summed E-state index contributed by atoms with van der Waals surface area (Å²) in [5.41, 5.74) is 3.01. The molecule has 1 fully saturated rings. The van der Waals surface area contributed by atoms with Crippen LogP contribution in [-0.2, 0) is 12.8 Å². The molecular formula is C30H38O6. The van der Waals surface area contributed by atoms with E-state index in [1.807, 2.05) is 65.0 Å². The van der Waals surface area contributed by atoms with Gasteiger partial charge < -0.3 is 29.9 Å². The molecule has 4 N–H and O–H groups in total. The zero-order chi connectivity index (χ0) is 26.4. The van der Waals surface area contributed by atoms with Crippen molar-refractivity contribution < 1.29 is 29.9 Å². The summed E-state index contributed by atoms with van der Waals surface area (Å²) >= 11 is 0. The molecule has 0 radical (unpaired) electrons. The van der Waals surface area contributed by atoms with E-state index in [-0.39, 0.29) is 17.4 Å². The molecule has 6 heteroatoms. The van der Waals surface area contributed by atoms with Crippen LogP contribution >= 0.6 is 0 Å². The van der Waals surface area contributed by atoms with Crippen LogP contribution in [0, 0.1) is 11.3 Å². The Hall–Kier alpha value is -2.96. The van der Waals surface area contributed by atoms with Gasteiger partial charge in [0, 0.05) is 23.3 Å². The van der Waals surface area contributed by atoms with Crippen molar-refractivity contribution in [3.05, 3.63) is 58.2 Å². The maximum atomic E-state index is 10.7. The molecular weight excluding hydrogens is 456 g/mol. The molecule has 2 aromatic rings. The Morgan fingerprint density at radius 2 is 1.64 bits per heavy atom. The smallest absolute Gasteiger partial charge is 0.165 e. The number of benzene rings is 2. The fourth-order valence-electron chi connectivity index (χ4n) is 5.87. The minimum atomic E-state index is -0.850. The molecule has 0 saturated heterocycles. The largest absolute Gasteiger partial charge is 0.507 e. The molecule has 36 heavy (non-hydrogen) atoms. The van der Waals surface area contributed by atoms with Crippen molar-refractivity contribution in [1.82, 2.24) is 0 Å². The fourth-order valence-corrected chi connectivity index (χ4v) is 5.87. The number of aromatic hydroxyl groups is 2. The van der Waals surface area contributed by atoms with Gasteiger partial charge in [-0.2, -0.15) is 0 Å². The normalized spacial score (nSPS) is 26.6. The Labute approximate surface area is 213 Å². The second-order valence-electron chi connectivity index (χ2n) is 11.3. The van der Waals surface area contributed by atoms with Crippen LogP contribution in [0.3, 0.4) is 0 Å². The standard InChI is InChI=1S/C30H38O6/c1-17(2)7-10-21-22(31)12-19(13-23(21)32)9-8-18-11-20-15-26-29(3,4)28(34)24(33)16-30(26,5)36-27(20)25(14-18)35-6/h7-9,11-14,24,26,28,31-34H,10,15-16H2,1-6H3/b9-8+. The summed E-state index contributed by atoms with van der Waals surface area (Å²) in [7, 11) is 1.60. The van der Waals surface area contributed by atoms with Crippen LogP contribution in [0.5, 0.6) is 23.0 Å². The highest BCUT2D eigenvalue weighted by Crippen LogP contribution is 2.55. The minimum Gasteiger partial charge on any atom is -0.507 e. The van der Waals surface area contributed by atoms with Crippen LogP contribution in [-0.4, -0.2) is 45.3 Å². The molecule has 4 rings (SSSR count). The van der Waals surface area contributed by atoms with E-state index >= 15 is 0 Å². The SMILES string of the molecule is COc1cc(/C=C/c2cc(O)c(CC=C(C)C)c(O)c2)cc2c1OC1(C)CC(O)C(O)C(C)(C)C1C2. The van der Waals surface area contributed by atoms with Gasteiger partial charge in [-0.1, -0.05) is 37.6 Å². The lowest BCUT2D eigenvalue weighted by atomic mass is 9.57. The molecule has 1 aliphatic carbocycles. The summed E-state index contributed by atoms with van der Waals surface area (Å²) in [5, 5.41) is 42.1. The zero-order valence-electron chi connectivity index (χ0n) is 22.0. The van der Waals surface area contributed by atoms with Gasteiger partial charge in [-0.15, -0.1) is 0 Å². The molecule has 2 aliphatic rings. The lowest BCUT2D eigenvalue weighted by Crippen LogP contribution is -2.63. The minimum absolute atomic E-state index is 0.00193. The third-order valence-electron chi connectivity index (χ3n) is 7.92. The molecule has 0 spiro atoms. The molecule has 4 unspecified atom stereocenters. The van der Waals surface area contributed by atoms with E-state index in [0.717, 1.165) is 16.7 Å². The van der Waals surface area contributed by atoms with E-state index in [1.165, 1.54) is 0 Å². The van der Waals surface area contributed by atoms with Gasteiger partial charge >= 0.3 is 0 Å². The van der Waals surface area contributed by atoms with Crippen molar-refractivity contribution in [2.45, 2.75) is 71.7 Å². The predicted molar refractivity (Wildman–Crippen MR) is 141 cm³/mol. The number of rotatable bonds is 5. The first-order valence-electron chi connectivity index (χ1n) is 12.5. The number of ether oxygens (including phenoxy) is 2. The van der Waals surface area contributed by atoms with E-state index in [9.17, 15) is 20.4 Å². The van der Waals surface area contributed by atoms with Gasteiger partial charge in [0.2, 0.25) is 0 Å². The van der Waals surface area contributed by atoms with Crippen LogP contribution < -0.4 is 9.47 Å². The number of phenolic OH excluding ortho intramolecular Hbond substituents is 2. The number of aliphatic hydroxyl groups is 2. The molecule has 1 heterocycles. The van der Waals surface area contributed by atoms with Crippen LogP contribution in [0.25, 0.3) is 12.2 Å². The van der Waals surface area contributed by atoms with Crippen molar-refractivity contribution in [2.24, 2.45) is 11.3 Å². The molecule has 0 bridgehead atoms. The maximum absolute atomic E-state index is 10.7. The highest BCUT2D eigenvalue weighted by atomic mass is 16.5. The number of allylic oxidation sites excluding steroid dienone is 2. The van der Waals surface area contributed by atoms with Gasteiger partial charge in [0.05, 0.1) is 19.3 Å². The average Bonchev–Trinajstić information content (AvgIpc) is 2.79.